The SMILES string of the molecule is COCCCCCCCCCCCCCCCC(C)=O. The predicted molar refractivity (Wildman–Crippen MR) is 87.2 cm³/mol. The number of hydrogen-bond donors (Lipinski definition) is 0. The summed E-state index contributed by atoms with van der Waals surface area (Å²) < 4.78 is 5.04. The molecule has 20 heavy (non-hydrogen) atoms. The van der Waals surface area contributed by atoms with E-state index in [-0.39, 0.29) is 0 Å². The normalized spacial score (nSPS) is 10.9. The molecule has 120 valence electrons. The molecule has 0 N–H and O–H groups in total. The van der Waals surface area contributed by atoms with E-state index in [9.17, 15) is 4.79 Å². The Hall–Kier alpha value is -0.370. The first-order valence-corrected chi connectivity index (χ1v) is 8.75. The van der Waals surface area contributed by atoms with E-state index in [0.29, 0.717) is 5.78 Å². The molecule has 0 radical (unpaired) electrons. The van der Waals surface area contributed by atoms with E-state index in [1.54, 1.807) is 14.0 Å². The number of carbonyl (C=O) groups excluding carboxylic acids is 1. The molecule has 0 aliphatic rings. The summed E-state index contributed by atoms with van der Waals surface area (Å²) >= 11 is 0. The van der Waals surface area contributed by atoms with Crippen molar-refractivity contribution in [1.29, 1.82) is 0 Å². The summed E-state index contributed by atoms with van der Waals surface area (Å²) in [7, 11) is 1.78. The topological polar surface area (TPSA) is 26.3 Å². The highest BCUT2D eigenvalue weighted by molar-refractivity contribution is 5.75. The van der Waals surface area contributed by atoms with Crippen molar-refractivity contribution in [3.8, 4) is 0 Å². The maximum Gasteiger partial charge on any atom is 0.129 e. The lowest BCUT2D eigenvalue weighted by molar-refractivity contribution is -0.117. The second-order valence-corrected chi connectivity index (χ2v) is 6.04. The minimum atomic E-state index is 0.340. The molecule has 0 aliphatic carbocycles. The molecule has 0 rings (SSSR count). The van der Waals surface area contributed by atoms with Crippen LogP contribution in [0.5, 0.6) is 0 Å². The van der Waals surface area contributed by atoms with Crippen molar-refractivity contribution in [3.05, 3.63) is 0 Å². The molecule has 2 heteroatoms. The molecule has 0 saturated carbocycles. The summed E-state index contributed by atoms with van der Waals surface area (Å²) in [6.07, 6.45) is 18.1. The number of ether oxygens (including phenoxy) is 1. The quantitative estimate of drug-likeness (QED) is 0.341. The Kier molecular flexibility index (Phi) is 16.4. The van der Waals surface area contributed by atoms with Gasteiger partial charge in [-0.05, 0) is 19.8 Å². The van der Waals surface area contributed by atoms with E-state index in [1.165, 1.54) is 77.0 Å². The molecule has 0 aliphatic heterocycles. The van der Waals surface area contributed by atoms with Crippen LogP contribution in [0.1, 0.15) is 96.8 Å². The largest absolute Gasteiger partial charge is 0.385 e. The van der Waals surface area contributed by atoms with Crippen molar-refractivity contribution in [2.45, 2.75) is 96.8 Å². The number of hydrogen-bond acceptors (Lipinski definition) is 2. The van der Waals surface area contributed by atoms with Crippen molar-refractivity contribution >= 4 is 5.78 Å². The lowest BCUT2D eigenvalue weighted by Crippen LogP contribution is -1.89. The van der Waals surface area contributed by atoms with Crippen LogP contribution in [0.3, 0.4) is 0 Å². The van der Waals surface area contributed by atoms with E-state index >= 15 is 0 Å². The third-order valence-corrected chi connectivity index (χ3v) is 3.88. The van der Waals surface area contributed by atoms with Gasteiger partial charge in [-0.15, -0.1) is 0 Å². The van der Waals surface area contributed by atoms with Crippen LogP contribution < -0.4 is 0 Å². The Balaban J connectivity index is 2.94. The van der Waals surface area contributed by atoms with Gasteiger partial charge in [0.15, 0.2) is 0 Å². The molecule has 2 nitrogen and oxygen atoms in total. The van der Waals surface area contributed by atoms with Crippen molar-refractivity contribution in [3.63, 3.8) is 0 Å². The van der Waals surface area contributed by atoms with Gasteiger partial charge in [0.05, 0.1) is 0 Å². The van der Waals surface area contributed by atoms with Gasteiger partial charge < -0.3 is 9.53 Å². The third-order valence-electron chi connectivity index (χ3n) is 3.88. The van der Waals surface area contributed by atoms with Gasteiger partial charge in [0, 0.05) is 20.1 Å². The van der Waals surface area contributed by atoms with E-state index in [1.807, 2.05) is 0 Å². The zero-order valence-corrected chi connectivity index (χ0v) is 13.9. The fourth-order valence-electron chi connectivity index (χ4n) is 2.56. The highest BCUT2D eigenvalue weighted by Crippen LogP contribution is 2.12. The fourth-order valence-corrected chi connectivity index (χ4v) is 2.56. The summed E-state index contributed by atoms with van der Waals surface area (Å²) in [5.41, 5.74) is 0. The van der Waals surface area contributed by atoms with Gasteiger partial charge in [0.1, 0.15) is 5.78 Å². The van der Waals surface area contributed by atoms with Gasteiger partial charge in [-0.25, -0.2) is 0 Å². The summed E-state index contributed by atoms with van der Waals surface area (Å²) in [5.74, 6) is 0.340. The molecule has 0 aromatic rings. The van der Waals surface area contributed by atoms with E-state index < -0.39 is 0 Å². The third kappa shape index (κ3) is 17.6. The Labute approximate surface area is 126 Å². The van der Waals surface area contributed by atoms with Crippen LogP contribution in [-0.4, -0.2) is 19.5 Å². The molecule has 0 saturated heterocycles. The molecule has 0 heterocycles. The maximum atomic E-state index is 10.8. The number of ketones is 1. The monoisotopic (exact) mass is 284 g/mol. The van der Waals surface area contributed by atoms with Crippen LogP contribution in [0.2, 0.25) is 0 Å². The molecule has 0 aromatic heterocycles. The summed E-state index contributed by atoms with van der Waals surface area (Å²) in [6, 6.07) is 0. The molecule has 0 unspecified atom stereocenters. The van der Waals surface area contributed by atoms with Crippen LogP contribution in [0.15, 0.2) is 0 Å². The maximum absolute atomic E-state index is 10.8. The second kappa shape index (κ2) is 16.7. The van der Waals surface area contributed by atoms with Crippen LogP contribution >= 0.6 is 0 Å². The average Bonchev–Trinajstić information content (AvgIpc) is 2.43. The average molecular weight is 284 g/mol. The molecular formula is C18H36O2. The fraction of sp³-hybridized carbons (Fsp3) is 0.944. The van der Waals surface area contributed by atoms with Crippen molar-refractivity contribution < 1.29 is 9.53 Å². The van der Waals surface area contributed by atoms with Gasteiger partial charge in [0.25, 0.3) is 0 Å². The van der Waals surface area contributed by atoms with E-state index in [0.717, 1.165) is 19.4 Å². The van der Waals surface area contributed by atoms with Crippen LogP contribution in [-0.2, 0) is 9.53 Å². The summed E-state index contributed by atoms with van der Waals surface area (Å²) in [5, 5.41) is 0. The van der Waals surface area contributed by atoms with Crippen molar-refractivity contribution in [2.75, 3.05) is 13.7 Å². The minimum absolute atomic E-state index is 0.340. The van der Waals surface area contributed by atoms with Crippen molar-refractivity contribution in [2.24, 2.45) is 0 Å². The number of rotatable bonds is 16. The molecule has 0 spiro atoms. The zero-order valence-electron chi connectivity index (χ0n) is 13.9. The Morgan fingerprint density at radius 1 is 0.650 bits per heavy atom. The van der Waals surface area contributed by atoms with Crippen LogP contribution in [0.25, 0.3) is 0 Å². The van der Waals surface area contributed by atoms with E-state index in [4.69, 9.17) is 4.74 Å². The second-order valence-electron chi connectivity index (χ2n) is 6.04. The predicted octanol–water partition coefficient (Wildman–Crippen LogP) is 5.68. The Morgan fingerprint density at radius 3 is 1.35 bits per heavy atom. The summed E-state index contributed by atoms with van der Waals surface area (Å²) in [6.45, 7) is 2.62. The zero-order chi connectivity index (χ0) is 14.9. The molecule has 0 fully saturated rings. The Bertz CT molecular complexity index is 202. The highest BCUT2D eigenvalue weighted by atomic mass is 16.5. The number of methoxy groups -OCH3 is 1. The first-order valence-electron chi connectivity index (χ1n) is 8.75. The number of unbranched alkanes of at least 4 members (excludes halogenated alkanes) is 12. The highest BCUT2D eigenvalue weighted by Gasteiger charge is 1.95. The van der Waals surface area contributed by atoms with Gasteiger partial charge >= 0.3 is 0 Å². The van der Waals surface area contributed by atoms with Gasteiger partial charge in [0.2, 0.25) is 0 Å². The minimum Gasteiger partial charge on any atom is -0.385 e. The van der Waals surface area contributed by atoms with Gasteiger partial charge in [-0.2, -0.15) is 0 Å². The molecule has 0 amide bonds. The molecular weight excluding hydrogens is 248 g/mol. The number of carbonyl (C=O) groups is 1. The van der Waals surface area contributed by atoms with Crippen LogP contribution in [0, 0.1) is 0 Å². The Morgan fingerprint density at radius 2 is 1.00 bits per heavy atom. The van der Waals surface area contributed by atoms with Gasteiger partial charge in [-0.3, -0.25) is 0 Å². The standard InChI is InChI=1S/C18H36O2/c1-18(19)16-14-12-10-8-6-4-3-5-7-9-11-13-15-17-20-2/h3-17H2,1-2H3. The number of Topliss-reactive ketones (excluding diaryl/α,β-unsaturated/α-hetero) is 1. The van der Waals surface area contributed by atoms with E-state index in [2.05, 4.69) is 0 Å². The van der Waals surface area contributed by atoms with Gasteiger partial charge in [-0.1, -0.05) is 70.6 Å². The lowest BCUT2D eigenvalue weighted by Gasteiger charge is -2.03. The first-order chi connectivity index (χ1) is 9.77. The molecule has 0 aromatic carbocycles. The lowest BCUT2D eigenvalue weighted by atomic mass is 10.0. The molecule has 0 atom stereocenters. The summed E-state index contributed by atoms with van der Waals surface area (Å²) in [4.78, 5) is 10.8. The van der Waals surface area contributed by atoms with Crippen LogP contribution in [0.4, 0.5) is 0 Å². The molecule has 0 bridgehead atoms. The first kappa shape index (κ1) is 19.6. The van der Waals surface area contributed by atoms with Crippen molar-refractivity contribution in [1.82, 2.24) is 0 Å². The smallest absolute Gasteiger partial charge is 0.129 e.